The van der Waals surface area contributed by atoms with Crippen molar-refractivity contribution in [2.75, 3.05) is 0 Å². The molecule has 0 spiro atoms. The van der Waals surface area contributed by atoms with Crippen molar-refractivity contribution in [1.29, 1.82) is 0 Å². The lowest BCUT2D eigenvalue weighted by atomic mass is 9.63. The van der Waals surface area contributed by atoms with Gasteiger partial charge in [-0.05, 0) is 24.7 Å². The van der Waals surface area contributed by atoms with Gasteiger partial charge < -0.3 is 0 Å². The van der Waals surface area contributed by atoms with Crippen LogP contribution in [0.1, 0.15) is 19.3 Å². The van der Waals surface area contributed by atoms with E-state index in [1.54, 1.807) is 0 Å². The van der Waals surface area contributed by atoms with Crippen molar-refractivity contribution in [1.82, 2.24) is 10.2 Å². The molecule has 0 aromatic carbocycles. The second kappa shape index (κ2) is 3.77. The predicted octanol–water partition coefficient (Wildman–Crippen LogP) is -0.401. The lowest BCUT2D eigenvalue weighted by molar-refractivity contribution is -0.146. The Kier molecular flexibility index (Phi) is 2.23. The van der Waals surface area contributed by atoms with Crippen LogP contribution in [0.25, 0.3) is 0 Å². The normalized spacial score (nSPS) is 42.4. The third kappa shape index (κ3) is 1.34. The van der Waals surface area contributed by atoms with E-state index in [-0.39, 0.29) is 41.9 Å². The number of fused-ring (bicyclic) bond motifs is 1. The number of imide groups is 2. The van der Waals surface area contributed by atoms with Gasteiger partial charge in [0.1, 0.15) is 6.04 Å². The molecule has 0 radical (unpaired) electrons. The topological polar surface area (TPSA) is 83.6 Å². The number of likely N-dealkylation sites (tertiary alicyclic amines) is 1. The van der Waals surface area contributed by atoms with Gasteiger partial charge in [0.25, 0.3) is 0 Å². The zero-order valence-corrected chi connectivity index (χ0v) is 10.7. The molecule has 3 fully saturated rings. The van der Waals surface area contributed by atoms with Gasteiger partial charge in [-0.3, -0.25) is 29.4 Å². The van der Waals surface area contributed by atoms with Crippen molar-refractivity contribution in [3.63, 3.8) is 0 Å². The van der Waals surface area contributed by atoms with E-state index in [0.717, 1.165) is 17.7 Å². The monoisotopic (exact) mass is 274 g/mol. The Morgan fingerprint density at radius 3 is 1.90 bits per heavy atom. The lowest BCUT2D eigenvalue weighted by Gasteiger charge is -2.38. The Hall–Kier alpha value is -1.98. The number of allylic oxidation sites excluding steroid dienone is 2. The molecule has 3 aliphatic carbocycles. The van der Waals surface area contributed by atoms with Crippen LogP contribution in [0.4, 0.5) is 0 Å². The average Bonchev–Trinajstić information content (AvgIpc) is 2.90. The molecule has 0 unspecified atom stereocenters. The first-order chi connectivity index (χ1) is 9.58. The van der Waals surface area contributed by atoms with Gasteiger partial charge in [0.2, 0.25) is 23.6 Å². The van der Waals surface area contributed by atoms with Gasteiger partial charge in [0, 0.05) is 0 Å². The summed E-state index contributed by atoms with van der Waals surface area (Å²) in [5.41, 5.74) is 0. The highest BCUT2D eigenvalue weighted by Crippen LogP contribution is 2.50. The summed E-state index contributed by atoms with van der Waals surface area (Å²) in [5.74, 6) is -1.93. The van der Waals surface area contributed by atoms with Gasteiger partial charge in [-0.2, -0.15) is 0 Å². The molecule has 1 saturated carbocycles. The Morgan fingerprint density at radius 2 is 1.50 bits per heavy atom. The van der Waals surface area contributed by atoms with E-state index >= 15 is 0 Å². The SMILES string of the molecule is O=C1C[C@@H](N2C(=O)[C@H]3[C@H](C2=O)[C@H]2C=C[C@H]3CC2)C(=O)N1. The van der Waals surface area contributed by atoms with Gasteiger partial charge in [-0.25, -0.2) is 0 Å². The number of hydrogen-bond acceptors (Lipinski definition) is 4. The fourth-order valence-electron chi connectivity index (χ4n) is 4.15. The van der Waals surface area contributed by atoms with Gasteiger partial charge >= 0.3 is 0 Å². The minimum atomic E-state index is -0.938. The number of amides is 4. The molecule has 0 aromatic heterocycles. The number of carbonyl (C=O) groups is 4. The van der Waals surface area contributed by atoms with Crippen LogP contribution in [-0.2, 0) is 19.2 Å². The standard InChI is InChI=1S/C14H14N2O4/c17-9-5-8(12(18)15-9)16-13(19)10-6-1-2-7(4-3-6)11(10)14(16)20/h1-2,6-8,10-11H,3-5H2,(H,15,17,18)/t6-,7-,8+,10+,11+/m0/s1. The molecular weight excluding hydrogens is 260 g/mol. The summed E-state index contributed by atoms with van der Waals surface area (Å²) in [6.45, 7) is 0. The fraction of sp³-hybridized carbons (Fsp3) is 0.571. The van der Waals surface area contributed by atoms with E-state index < -0.39 is 17.9 Å². The maximum absolute atomic E-state index is 12.6. The highest BCUT2D eigenvalue weighted by Gasteiger charge is 2.59. The highest BCUT2D eigenvalue weighted by molar-refractivity contribution is 6.13. The zero-order valence-electron chi connectivity index (χ0n) is 10.7. The summed E-state index contributed by atoms with van der Waals surface area (Å²) in [7, 11) is 0. The van der Waals surface area contributed by atoms with E-state index in [0.29, 0.717) is 0 Å². The molecule has 1 N–H and O–H groups in total. The first kappa shape index (κ1) is 11.8. The zero-order chi connectivity index (χ0) is 14.0. The highest BCUT2D eigenvalue weighted by atomic mass is 16.2. The summed E-state index contributed by atoms with van der Waals surface area (Å²) >= 11 is 0. The first-order valence-corrected chi connectivity index (χ1v) is 6.97. The molecule has 5 atom stereocenters. The summed E-state index contributed by atoms with van der Waals surface area (Å²) in [4.78, 5) is 49.2. The predicted molar refractivity (Wildman–Crippen MR) is 65.7 cm³/mol. The molecule has 2 heterocycles. The smallest absolute Gasteiger partial charge is 0.250 e. The molecule has 2 bridgehead atoms. The number of carbonyl (C=O) groups excluding carboxylic acids is 4. The molecule has 6 nitrogen and oxygen atoms in total. The van der Waals surface area contributed by atoms with Crippen molar-refractivity contribution in [2.45, 2.75) is 25.3 Å². The van der Waals surface area contributed by atoms with Crippen LogP contribution >= 0.6 is 0 Å². The van der Waals surface area contributed by atoms with Gasteiger partial charge in [0.05, 0.1) is 18.3 Å². The number of rotatable bonds is 1. The Bertz CT molecular complexity index is 550. The third-order valence-corrected chi connectivity index (χ3v) is 5.05. The van der Waals surface area contributed by atoms with Crippen molar-refractivity contribution in [3.8, 4) is 0 Å². The molecule has 20 heavy (non-hydrogen) atoms. The summed E-state index contributed by atoms with van der Waals surface area (Å²) in [6, 6.07) is -0.938. The van der Waals surface area contributed by atoms with Crippen LogP contribution in [0.3, 0.4) is 0 Å². The summed E-state index contributed by atoms with van der Waals surface area (Å²) < 4.78 is 0. The van der Waals surface area contributed by atoms with Gasteiger partial charge in [0.15, 0.2) is 0 Å². The quantitative estimate of drug-likeness (QED) is 0.521. The lowest BCUT2D eigenvalue weighted by Crippen LogP contribution is -2.45. The second-order valence-corrected chi connectivity index (χ2v) is 6.02. The summed E-state index contributed by atoms with van der Waals surface area (Å²) in [5, 5.41) is 2.16. The van der Waals surface area contributed by atoms with E-state index in [9.17, 15) is 19.2 Å². The van der Waals surface area contributed by atoms with E-state index in [1.807, 2.05) is 12.2 Å². The minimum absolute atomic E-state index is 0.0987. The maximum Gasteiger partial charge on any atom is 0.250 e. The molecular formula is C14H14N2O4. The Morgan fingerprint density at radius 1 is 0.950 bits per heavy atom. The first-order valence-electron chi connectivity index (χ1n) is 6.97. The molecule has 5 rings (SSSR count). The molecule has 4 amide bonds. The minimum Gasteiger partial charge on any atom is -0.295 e. The largest absolute Gasteiger partial charge is 0.295 e. The van der Waals surface area contributed by atoms with Gasteiger partial charge in [-0.15, -0.1) is 0 Å². The summed E-state index contributed by atoms with van der Waals surface area (Å²) in [6.07, 6.45) is 5.81. The van der Waals surface area contributed by atoms with Crippen molar-refractivity contribution in [3.05, 3.63) is 12.2 Å². The third-order valence-electron chi connectivity index (χ3n) is 5.05. The van der Waals surface area contributed by atoms with Crippen LogP contribution in [0.2, 0.25) is 0 Å². The Labute approximate surface area is 115 Å². The van der Waals surface area contributed by atoms with E-state index in [4.69, 9.17) is 0 Å². The second-order valence-electron chi connectivity index (χ2n) is 6.02. The molecule has 2 aliphatic heterocycles. The maximum atomic E-state index is 12.6. The number of nitrogens with zero attached hydrogens (tertiary/aromatic N) is 1. The van der Waals surface area contributed by atoms with Crippen molar-refractivity contribution < 1.29 is 19.2 Å². The number of nitrogens with one attached hydrogen (secondary N) is 1. The van der Waals surface area contributed by atoms with Crippen LogP contribution in [-0.4, -0.2) is 34.6 Å². The van der Waals surface area contributed by atoms with Crippen LogP contribution in [0.15, 0.2) is 12.2 Å². The molecule has 5 aliphatic rings. The molecule has 2 saturated heterocycles. The average molecular weight is 274 g/mol. The fourth-order valence-corrected chi connectivity index (χ4v) is 4.15. The molecule has 104 valence electrons. The van der Waals surface area contributed by atoms with Crippen LogP contribution in [0, 0.1) is 23.7 Å². The van der Waals surface area contributed by atoms with Crippen LogP contribution < -0.4 is 5.32 Å². The van der Waals surface area contributed by atoms with Crippen LogP contribution in [0.5, 0.6) is 0 Å². The van der Waals surface area contributed by atoms with Crippen molar-refractivity contribution in [2.24, 2.45) is 23.7 Å². The number of hydrogen-bond donors (Lipinski definition) is 1. The van der Waals surface area contributed by atoms with E-state index in [1.165, 1.54) is 0 Å². The van der Waals surface area contributed by atoms with Crippen molar-refractivity contribution >= 4 is 23.6 Å². The van der Waals surface area contributed by atoms with Gasteiger partial charge in [-0.1, -0.05) is 12.2 Å². The van der Waals surface area contributed by atoms with E-state index in [2.05, 4.69) is 5.32 Å². The molecule has 6 heteroatoms. The molecule has 0 aromatic rings. The Balaban J connectivity index is 1.71.